The molecular formula is C18H21ClN4O4. The van der Waals surface area contributed by atoms with Gasteiger partial charge >= 0.3 is 5.69 Å². The molecule has 1 aromatic carbocycles. The van der Waals surface area contributed by atoms with E-state index < -0.39 is 4.92 Å². The maximum absolute atomic E-state index is 11.0. The molecule has 0 fully saturated rings. The lowest BCUT2D eigenvalue weighted by Gasteiger charge is -2.18. The second-order valence-corrected chi connectivity index (χ2v) is 6.01. The summed E-state index contributed by atoms with van der Waals surface area (Å²) in [5.74, 6) is 1.04. The summed E-state index contributed by atoms with van der Waals surface area (Å²) in [5, 5.41) is 15.4. The fraction of sp³-hybridized carbons (Fsp3) is 0.333. The molecule has 0 unspecified atom stereocenters. The van der Waals surface area contributed by atoms with E-state index >= 15 is 0 Å². The average Bonchev–Trinajstić information content (AvgIpc) is 2.64. The molecule has 1 heterocycles. The Morgan fingerprint density at radius 3 is 2.89 bits per heavy atom. The van der Waals surface area contributed by atoms with Crippen LogP contribution in [0, 0.1) is 10.1 Å². The molecule has 1 N–H and O–H groups in total. The predicted octanol–water partition coefficient (Wildman–Crippen LogP) is 4.67. The van der Waals surface area contributed by atoms with E-state index in [0.29, 0.717) is 28.7 Å². The zero-order valence-electron chi connectivity index (χ0n) is 15.3. The van der Waals surface area contributed by atoms with Crippen LogP contribution in [0.25, 0.3) is 0 Å². The highest BCUT2D eigenvalue weighted by Crippen LogP contribution is 2.37. The van der Waals surface area contributed by atoms with E-state index in [0.717, 1.165) is 6.42 Å². The minimum atomic E-state index is -0.532. The molecule has 0 aliphatic heterocycles. The van der Waals surface area contributed by atoms with Gasteiger partial charge < -0.3 is 9.47 Å². The summed E-state index contributed by atoms with van der Waals surface area (Å²) in [6, 6.07) is 6.25. The number of nitrogens with one attached hydrogen (secondary N) is 1. The van der Waals surface area contributed by atoms with E-state index in [2.05, 4.69) is 15.5 Å². The van der Waals surface area contributed by atoms with Crippen molar-refractivity contribution >= 4 is 29.3 Å². The van der Waals surface area contributed by atoms with Crippen LogP contribution in [0.4, 0.5) is 11.5 Å². The number of nitro groups is 1. The number of anilines is 1. The number of pyridine rings is 1. The predicted molar refractivity (Wildman–Crippen MR) is 105 cm³/mol. The van der Waals surface area contributed by atoms with Gasteiger partial charge in [0.15, 0.2) is 11.5 Å². The number of benzene rings is 1. The van der Waals surface area contributed by atoms with Crippen molar-refractivity contribution in [2.45, 2.75) is 33.3 Å². The lowest BCUT2D eigenvalue weighted by Crippen LogP contribution is -2.11. The average molecular weight is 393 g/mol. The summed E-state index contributed by atoms with van der Waals surface area (Å²) >= 11 is 6.35. The Morgan fingerprint density at radius 2 is 2.22 bits per heavy atom. The molecule has 2 aromatic rings. The first kappa shape index (κ1) is 20.4. The van der Waals surface area contributed by atoms with Gasteiger partial charge in [0.2, 0.25) is 5.82 Å². The Bertz CT molecular complexity index is 829. The largest absolute Gasteiger partial charge is 0.490 e. The highest BCUT2D eigenvalue weighted by atomic mass is 35.5. The molecule has 0 bridgehead atoms. The number of hydrogen-bond donors (Lipinski definition) is 1. The van der Waals surface area contributed by atoms with Crippen molar-refractivity contribution in [3.05, 3.63) is 51.2 Å². The normalized spacial score (nSPS) is 12.0. The molecule has 0 aliphatic carbocycles. The van der Waals surface area contributed by atoms with Crippen molar-refractivity contribution in [2.75, 3.05) is 12.0 Å². The second kappa shape index (κ2) is 9.72. The van der Waals surface area contributed by atoms with Crippen molar-refractivity contribution in [1.29, 1.82) is 0 Å². The maximum atomic E-state index is 11.0. The van der Waals surface area contributed by atoms with E-state index in [9.17, 15) is 10.1 Å². The number of rotatable bonds is 9. The summed E-state index contributed by atoms with van der Waals surface area (Å²) in [7, 11) is 0. The minimum absolute atomic E-state index is 0.00686. The summed E-state index contributed by atoms with van der Waals surface area (Å²) in [5.41, 5.74) is 3.05. The zero-order valence-corrected chi connectivity index (χ0v) is 16.1. The summed E-state index contributed by atoms with van der Waals surface area (Å²) in [4.78, 5) is 14.4. The van der Waals surface area contributed by atoms with Crippen LogP contribution in [-0.2, 0) is 0 Å². The Kier molecular flexibility index (Phi) is 7.36. The van der Waals surface area contributed by atoms with Crippen LogP contribution in [0.3, 0.4) is 0 Å². The van der Waals surface area contributed by atoms with E-state index in [1.807, 2.05) is 20.8 Å². The summed E-state index contributed by atoms with van der Waals surface area (Å²) < 4.78 is 11.5. The lowest BCUT2D eigenvalue weighted by molar-refractivity contribution is -0.384. The topological polar surface area (TPSA) is 98.9 Å². The zero-order chi connectivity index (χ0) is 19.8. The molecule has 0 saturated carbocycles. The SMILES string of the molecule is CCOc1cc(/C=N\Nc2ncccc2[N+](=O)[O-])cc(Cl)c1O[C@@H](C)CC. The van der Waals surface area contributed by atoms with Crippen LogP contribution < -0.4 is 14.9 Å². The first-order chi connectivity index (χ1) is 13.0. The molecular weight excluding hydrogens is 372 g/mol. The molecule has 2 rings (SSSR count). The first-order valence-corrected chi connectivity index (χ1v) is 8.85. The molecule has 0 saturated heterocycles. The van der Waals surface area contributed by atoms with Gasteiger partial charge in [-0.25, -0.2) is 4.98 Å². The van der Waals surface area contributed by atoms with Gasteiger partial charge in [-0.05, 0) is 44.0 Å². The third-order valence-electron chi connectivity index (χ3n) is 3.59. The summed E-state index contributed by atoms with van der Waals surface area (Å²) in [6.45, 7) is 6.28. The fourth-order valence-corrected chi connectivity index (χ4v) is 2.39. The van der Waals surface area contributed by atoms with Gasteiger partial charge in [-0.15, -0.1) is 0 Å². The first-order valence-electron chi connectivity index (χ1n) is 8.47. The Morgan fingerprint density at radius 1 is 1.44 bits per heavy atom. The highest BCUT2D eigenvalue weighted by molar-refractivity contribution is 6.32. The summed E-state index contributed by atoms with van der Waals surface area (Å²) in [6.07, 6.45) is 3.74. The Hall–Kier alpha value is -2.87. The van der Waals surface area contributed by atoms with Crippen molar-refractivity contribution in [2.24, 2.45) is 5.10 Å². The van der Waals surface area contributed by atoms with Crippen LogP contribution in [0.15, 0.2) is 35.6 Å². The van der Waals surface area contributed by atoms with Crippen molar-refractivity contribution in [1.82, 2.24) is 4.98 Å². The number of halogens is 1. The number of hydrazone groups is 1. The van der Waals surface area contributed by atoms with Gasteiger partial charge in [-0.3, -0.25) is 15.5 Å². The van der Waals surface area contributed by atoms with Crippen molar-refractivity contribution < 1.29 is 14.4 Å². The monoisotopic (exact) mass is 392 g/mol. The van der Waals surface area contributed by atoms with Gasteiger partial charge in [0, 0.05) is 12.3 Å². The molecule has 0 spiro atoms. The Balaban J connectivity index is 2.24. The molecule has 0 aliphatic rings. The number of hydrogen-bond acceptors (Lipinski definition) is 7. The van der Waals surface area contributed by atoms with Gasteiger partial charge in [0.05, 0.1) is 28.9 Å². The van der Waals surface area contributed by atoms with E-state index in [1.165, 1.54) is 24.5 Å². The number of aromatic nitrogens is 1. The molecule has 9 heteroatoms. The van der Waals surface area contributed by atoms with Crippen molar-refractivity contribution in [3.63, 3.8) is 0 Å². The third-order valence-corrected chi connectivity index (χ3v) is 3.87. The van der Waals surface area contributed by atoms with Gasteiger partial charge in [0.1, 0.15) is 0 Å². The van der Waals surface area contributed by atoms with Crippen molar-refractivity contribution in [3.8, 4) is 11.5 Å². The van der Waals surface area contributed by atoms with Crippen LogP contribution in [-0.4, -0.2) is 28.8 Å². The van der Waals surface area contributed by atoms with Crippen LogP contribution in [0.1, 0.15) is 32.8 Å². The van der Waals surface area contributed by atoms with E-state index in [4.69, 9.17) is 21.1 Å². The molecule has 1 aromatic heterocycles. The molecule has 144 valence electrons. The molecule has 0 amide bonds. The standard InChI is InChI=1S/C18H21ClN4O4/c1-4-12(3)27-17-14(19)9-13(10-16(17)26-5-2)11-21-22-18-15(23(24)25)7-6-8-20-18/h6-12H,4-5H2,1-3H3,(H,20,22)/b21-11-/t12-/m0/s1. The van der Waals surface area contributed by atoms with E-state index in [1.54, 1.807) is 12.1 Å². The van der Waals surface area contributed by atoms with Crippen LogP contribution >= 0.6 is 11.6 Å². The number of ether oxygens (including phenoxy) is 2. The Labute approximate surface area is 162 Å². The quantitative estimate of drug-likeness (QED) is 0.378. The lowest BCUT2D eigenvalue weighted by atomic mass is 10.2. The molecule has 1 atom stereocenters. The molecule has 0 radical (unpaired) electrons. The number of nitrogens with zero attached hydrogens (tertiary/aromatic N) is 3. The van der Waals surface area contributed by atoms with Crippen LogP contribution in [0.2, 0.25) is 5.02 Å². The second-order valence-electron chi connectivity index (χ2n) is 5.60. The molecule has 27 heavy (non-hydrogen) atoms. The highest BCUT2D eigenvalue weighted by Gasteiger charge is 2.15. The smallest absolute Gasteiger partial charge is 0.313 e. The van der Waals surface area contributed by atoms with E-state index in [-0.39, 0.29) is 17.6 Å². The minimum Gasteiger partial charge on any atom is -0.490 e. The van der Waals surface area contributed by atoms with Crippen LogP contribution in [0.5, 0.6) is 11.5 Å². The van der Waals surface area contributed by atoms with Gasteiger partial charge in [-0.1, -0.05) is 18.5 Å². The van der Waals surface area contributed by atoms with Gasteiger partial charge in [-0.2, -0.15) is 5.10 Å². The molecule has 8 nitrogen and oxygen atoms in total. The third kappa shape index (κ3) is 5.55. The fourth-order valence-electron chi connectivity index (χ4n) is 2.12. The van der Waals surface area contributed by atoms with Gasteiger partial charge in [0.25, 0.3) is 0 Å². The maximum Gasteiger partial charge on any atom is 0.313 e.